The molecule has 5 atom stereocenters. The zero-order valence-electron chi connectivity index (χ0n) is 33.5. The first-order chi connectivity index (χ1) is 26.4. The number of phosphoric ester groups is 1. The van der Waals surface area contributed by atoms with Crippen molar-refractivity contribution >= 4 is 43.3 Å². The molecule has 0 fully saturated rings. The molecular formula is C37H63N6O12P. The average molecular weight is 815 g/mol. The second kappa shape index (κ2) is 26.8. The molecule has 0 aliphatic carbocycles. The van der Waals surface area contributed by atoms with Gasteiger partial charge in [0, 0.05) is 6.54 Å². The van der Waals surface area contributed by atoms with Crippen molar-refractivity contribution in [3.05, 3.63) is 35.9 Å². The SMILES string of the molecule is CCCN(CC(=O)N[C@@H](CC(C)C)C(=O)NCC(=O)N[C@@H](CO)C(=O)N[C@H](C(N)=O)[C@@H](C)OP(=O)(O)OCCCCCc1ccccc1)C(=O)CCOC(C)C. The third-order valence-electron chi connectivity index (χ3n) is 8.14. The van der Waals surface area contributed by atoms with Gasteiger partial charge in [-0.3, -0.25) is 37.8 Å². The molecule has 56 heavy (non-hydrogen) atoms. The molecular weight excluding hydrogens is 751 g/mol. The number of phosphoric acid groups is 1. The molecule has 19 heteroatoms. The first-order valence-corrected chi connectivity index (χ1v) is 20.5. The summed E-state index contributed by atoms with van der Waals surface area (Å²) in [5, 5.41) is 19.3. The number of carbonyl (C=O) groups excluding carboxylic acids is 6. The van der Waals surface area contributed by atoms with Gasteiger partial charge in [0.1, 0.15) is 18.1 Å². The molecule has 0 aliphatic heterocycles. The highest BCUT2D eigenvalue weighted by atomic mass is 31.2. The Hall–Kier alpha value is -3.93. The molecule has 0 bridgehead atoms. The van der Waals surface area contributed by atoms with Gasteiger partial charge in [-0.15, -0.1) is 0 Å². The number of ether oxygens (including phenoxy) is 1. The van der Waals surface area contributed by atoms with Crippen molar-refractivity contribution in [3.63, 3.8) is 0 Å². The van der Waals surface area contributed by atoms with Gasteiger partial charge in [0.05, 0.1) is 51.5 Å². The Labute approximate surface area is 329 Å². The number of hydrogen-bond acceptors (Lipinski definition) is 11. The minimum atomic E-state index is -4.68. The summed E-state index contributed by atoms with van der Waals surface area (Å²) >= 11 is 0. The van der Waals surface area contributed by atoms with Crippen LogP contribution in [0.25, 0.3) is 0 Å². The Morgan fingerprint density at radius 1 is 0.875 bits per heavy atom. The zero-order chi connectivity index (χ0) is 42.3. The summed E-state index contributed by atoms with van der Waals surface area (Å²) < 4.78 is 28.1. The minimum Gasteiger partial charge on any atom is -0.394 e. The maximum absolute atomic E-state index is 13.1. The summed E-state index contributed by atoms with van der Waals surface area (Å²) in [5.41, 5.74) is 6.59. The fraction of sp³-hybridized carbons (Fsp3) is 0.676. The first-order valence-electron chi connectivity index (χ1n) is 19.0. The quantitative estimate of drug-likeness (QED) is 0.0443. The highest BCUT2D eigenvalue weighted by Crippen LogP contribution is 2.45. The summed E-state index contributed by atoms with van der Waals surface area (Å²) in [6.07, 6.45) is 2.25. The standard InChI is InChI=1S/C37H63N6O12P/c1-7-18-43(33(47)17-20-53-26(4)5)23-32(46)40-29(21-25(2)3)36(49)39-22-31(45)41-30(24-44)37(50)42-34(35(38)48)27(6)55-56(51,52)54-19-13-9-12-16-28-14-10-8-11-15-28/h8,10-11,14-15,25-27,29-30,34,44H,7,9,12-13,16-24H2,1-6H3,(H2,38,48)(H,39,49)(H,40,46)(H,41,45)(H,42,50)(H,51,52)/t27-,29+,30+,34+/m1/s1. The minimum absolute atomic E-state index is 0.0464. The molecule has 1 unspecified atom stereocenters. The zero-order valence-corrected chi connectivity index (χ0v) is 34.4. The maximum atomic E-state index is 13.1. The molecule has 1 aromatic carbocycles. The molecule has 18 nitrogen and oxygen atoms in total. The molecule has 0 aliphatic rings. The van der Waals surface area contributed by atoms with Crippen LogP contribution in [0.15, 0.2) is 30.3 Å². The van der Waals surface area contributed by atoms with Crippen molar-refractivity contribution in [2.45, 2.75) is 117 Å². The monoisotopic (exact) mass is 814 g/mol. The van der Waals surface area contributed by atoms with E-state index in [2.05, 4.69) is 21.3 Å². The maximum Gasteiger partial charge on any atom is 0.472 e. The number of hydrogen-bond donors (Lipinski definition) is 7. The lowest BCUT2D eigenvalue weighted by Crippen LogP contribution is -2.58. The van der Waals surface area contributed by atoms with Crippen LogP contribution in [0.2, 0.25) is 0 Å². The van der Waals surface area contributed by atoms with E-state index in [0.717, 1.165) is 12.8 Å². The topological polar surface area (TPSA) is 265 Å². The van der Waals surface area contributed by atoms with E-state index < -0.39 is 74.7 Å². The molecule has 0 saturated carbocycles. The lowest BCUT2D eigenvalue weighted by atomic mass is 10.0. The molecule has 1 aromatic rings. The van der Waals surface area contributed by atoms with Gasteiger partial charge in [-0.05, 0) is 64.4 Å². The van der Waals surface area contributed by atoms with Gasteiger partial charge in [0.15, 0.2) is 0 Å². The van der Waals surface area contributed by atoms with Gasteiger partial charge in [-0.25, -0.2) is 4.57 Å². The number of nitrogens with one attached hydrogen (secondary N) is 4. The number of benzene rings is 1. The van der Waals surface area contributed by atoms with Crippen molar-refractivity contribution in [1.82, 2.24) is 26.2 Å². The van der Waals surface area contributed by atoms with Crippen molar-refractivity contribution in [1.29, 1.82) is 0 Å². The summed E-state index contributed by atoms with van der Waals surface area (Å²) in [6.45, 7) is 9.00. The average Bonchev–Trinajstić information content (AvgIpc) is 3.12. The van der Waals surface area contributed by atoms with Gasteiger partial charge < -0.3 is 46.6 Å². The molecule has 1 rings (SSSR count). The van der Waals surface area contributed by atoms with Crippen molar-refractivity contribution in [2.24, 2.45) is 11.7 Å². The van der Waals surface area contributed by atoms with Gasteiger partial charge in [0.25, 0.3) is 0 Å². The summed E-state index contributed by atoms with van der Waals surface area (Å²) in [4.78, 5) is 88.2. The second-order valence-corrected chi connectivity index (χ2v) is 15.5. The molecule has 0 aromatic heterocycles. The van der Waals surface area contributed by atoms with Crippen molar-refractivity contribution in [2.75, 3.05) is 39.5 Å². The third kappa shape index (κ3) is 21.4. The highest BCUT2D eigenvalue weighted by molar-refractivity contribution is 7.47. The molecule has 0 heterocycles. The normalized spacial score (nSPS) is 14.5. The molecule has 0 radical (unpaired) electrons. The number of aliphatic hydroxyl groups is 1. The molecule has 0 saturated heterocycles. The van der Waals surface area contributed by atoms with Crippen LogP contribution >= 0.6 is 7.82 Å². The van der Waals surface area contributed by atoms with Crippen molar-refractivity contribution < 1.29 is 57.1 Å². The van der Waals surface area contributed by atoms with E-state index in [1.165, 1.54) is 17.4 Å². The van der Waals surface area contributed by atoms with Crippen molar-refractivity contribution in [3.8, 4) is 0 Å². The first kappa shape index (κ1) is 50.1. The second-order valence-electron chi connectivity index (χ2n) is 14.1. The predicted octanol–water partition coefficient (Wildman–Crippen LogP) is 1.07. The Morgan fingerprint density at radius 2 is 1.54 bits per heavy atom. The summed E-state index contributed by atoms with van der Waals surface area (Å²) in [7, 11) is -4.68. The smallest absolute Gasteiger partial charge is 0.394 e. The third-order valence-corrected chi connectivity index (χ3v) is 9.25. The van der Waals surface area contributed by atoms with Gasteiger partial charge in [-0.1, -0.05) is 57.5 Å². The number of nitrogens with two attached hydrogens (primary N) is 1. The number of aryl methyl sites for hydroxylation is 1. The Kier molecular flexibility index (Phi) is 24.0. The Bertz CT molecular complexity index is 1430. The Morgan fingerprint density at radius 3 is 2.12 bits per heavy atom. The van der Waals surface area contributed by atoms with E-state index in [0.29, 0.717) is 25.8 Å². The van der Waals surface area contributed by atoms with E-state index in [9.17, 15) is 43.3 Å². The number of amides is 6. The molecule has 318 valence electrons. The van der Waals surface area contributed by atoms with Crippen LogP contribution in [0.5, 0.6) is 0 Å². The highest BCUT2D eigenvalue weighted by Gasteiger charge is 2.35. The molecule has 0 spiro atoms. The van der Waals surface area contributed by atoms with E-state index in [1.807, 2.05) is 65.0 Å². The number of aliphatic hydroxyl groups excluding tert-OH is 1. The van der Waals surface area contributed by atoms with Crippen LogP contribution in [0, 0.1) is 5.92 Å². The number of unbranched alkanes of at least 4 members (excludes halogenated alkanes) is 2. The lowest BCUT2D eigenvalue weighted by molar-refractivity contribution is -0.138. The van der Waals surface area contributed by atoms with E-state index in [4.69, 9.17) is 19.5 Å². The molecule has 8 N–H and O–H groups in total. The predicted molar refractivity (Wildman–Crippen MR) is 207 cm³/mol. The fourth-order valence-corrected chi connectivity index (χ4v) is 6.32. The Balaban J connectivity index is 2.70. The number of rotatable bonds is 29. The van der Waals surface area contributed by atoms with Crippen LogP contribution in [-0.2, 0) is 53.5 Å². The van der Waals surface area contributed by atoms with E-state index in [1.54, 1.807) is 0 Å². The fourth-order valence-electron chi connectivity index (χ4n) is 5.36. The van der Waals surface area contributed by atoms with Crippen LogP contribution in [-0.4, -0.2) is 120 Å². The van der Waals surface area contributed by atoms with E-state index in [-0.39, 0.29) is 50.5 Å². The number of primary amides is 1. The number of nitrogens with zero attached hydrogens (tertiary/aromatic N) is 1. The van der Waals surface area contributed by atoms with Gasteiger partial charge >= 0.3 is 7.82 Å². The van der Waals surface area contributed by atoms with Gasteiger partial charge in [0.2, 0.25) is 35.4 Å². The molecule has 6 amide bonds. The van der Waals surface area contributed by atoms with Crippen LogP contribution < -0.4 is 27.0 Å². The van der Waals surface area contributed by atoms with Crippen LogP contribution in [0.3, 0.4) is 0 Å². The van der Waals surface area contributed by atoms with E-state index >= 15 is 0 Å². The summed E-state index contributed by atoms with van der Waals surface area (Å²) in [5.74, 6) is -4.70. The summed E-state index contributed by atoms with van der Waals surface area (Å²) in [6, 6.07) is 5.49. The van der Waals surface area contributed by atoms with Crippen LogP contribution in [0.4, 0.5) is 0 Å². The van der Waals surface area contributed by atoms with Crippen LogP contribution in [0.1, 0.15) is 85.6 Å². The lowest BCUT2D eigenvalue weighted by Gasteiger charge is -2.26. The number of carbonyl (C=O) groups is 6. The largest absolute Gasteiger partial charge is 0.472 e. The van der Waals surface area contributed by atoms with Gasteiger partial charge in [-0.2, -0.15) is 0 Å².